The highest BCUT2D eigenvalue weighted by Crippen LogP contribution is 2.17. The van der Waals surface area contributed by atoms with Gasteiger partial charge in [-0.3, -0.25) is 0 Å². The molecule has 0 fully saturated rings. The van der Waals surface area contributed by atoms with Crippen molar-refractivity contribution >= 4 is 18.7 Å². The number of rotatable bonds is 6. The molecule has 126 valence electrons. The van der Waals surface area contributed by atoms with Crippen LogP contribution in [0.25, 0.3) is 0 Å². The Morgan fingerprint density at radius 3 is 1.64 bits per heavy atom. The van der Waals surface area contributed by atoms with Crippen molar-refractivity contribution < 1.29 is 9.90 Å². The second-order valence-corrected chi connectivity index (χ2v) is 9.08. The Balaban J connectivity index is 1.86. The summed E-state index contributed by atoms with van der Waals surface area (Å²) in [6.07, 6.45) is 1.81. The first-order valence-corrected chi connectivity index (χ1v) is 10.5. The van der Waals surface area contributed by atoms with Crippen LogP contribution in [0.2, 0.25) is 0 Å². The highest BCUT2D eigenvalue weighted by molar-refractivity contribution is 7.00. The Hall–Kier alpha value is -2.46. The van der Waals surface area contributed by atoms with Gasteiger partial charge in [-0.05, 0) is 22.4 Å². The van der Waals surface area contributed by atoms with E-state index in [1.807, 2.05) is 103 Å². The smallest absolute Gasteiger partial charge is 0.277 e. The highest BCUT2D eigenvalue weighted by Gasteiger charge is 2.32. The molecule has 0 saturated carbocycles. The van der Waals surface area contributed by atoms with E-state index in [9.17, 15) is 9.90 Å². The van der Waals surface area contributed by atoms with Crippen LogP contribution in [0, 0.1) is 0 Å². The molecule has 0 heterocycles. The number of benzene rings is 3. The molecule has 0 spiro atoms. The van der Waals surface area contributed by atoms with E-state index in [2.05, 4.69) is 0 Å². The first-order chi connectivity index (χ1) is 12.2. The molecule has 0 bridgehead atoms. The molecular formula is C22H22O2Si. The van der Waals surface area contributed by atoms with Crippen molar-refractivity contribution in [3.05, 3.63) is 108 Å². The van der Waals surface area contributed by atoms with E-state index in [-0.39, 0.29) is 0 Å². The number of aliphatic hydroxyl groups is 1. The van der Waals surface area contributed by atoms with Crippen LogP contribution >= 0.6 is 0 Å². The maximum Gasteiger partial charge on any atom is 0.277 e. The Bertz CT molecular complexity index is 762. The molecule has 1 atom stereocenters. The second kappa shape index (κ2) is 8.08. The molecule has 0 aromatic heterocycles. The Kier molecular flexibility index (Phi) is 5.61. The lowest BCUT2D eigenvalue weighted by atomic mass is 10.1. The monoisotopic (exact) mass is 346 g/mol. The SMILES string of the molecule is OC(C/C=C\[Si](O)(c1ccccc1)c1ccccc1)c1ccccc1. The molecule has 2 N–H and O–H groups in total. The third-order valence-electron chi connectivity index (χ3n) is 4.33. The summed E-state index contributed by atoms with van der Waals surface area (Å²) >= 11 is 0. The van der Waals surface area contributed by atoms with Gasteiger partial charge in [-0.25, -0.2) is 0 Å². The minimum Gasteiger partial charge on any atom is -0.421 e. The number of hydrogen-bond acceptors (Lipinski definition) is 2. The van der Waals surface area contributed by atoms with E-state index < -0.39 is 14.4 Å². The summed E-state index contributed by atoms with van der Waals surface area (Å²) in [5.74, 6) is 0. The van der Waals surface area contributed by atoms with Crippen LogP contribution in [0.4, 0.5) is 0 Å². The van der Waals surface area contributed by atoms with Gasteiger partial charge in [0.1, 0.15) is 0 Å². The molecule has 3 aromatic rings. The lowest BCUT2D eigenvalue weighted by Crippen LogP contribution is -2.57. The molecular weight excluding hydrogens is 324 g/mol. The quantitative estimate of drug-likeness (QED) is 0.674. The number of hydrogen-bond donors (Lipinski definition) is 2. The summed E-state index contributed by atoms with van der Waals surface area (Å²) in [7, 11) is -2.96. The molecule has 25 heavy (non-hydrogen) atoms. The van der Waals surface area contributed by atoms with Gasteiger partial charge >= 0.3 is 0 Å². The first kappa shape index (κ1) is 17.4. The van der Waals surface area contributed by atoms with Crippen molar-refractivity contribution in [3.63, 3.8) is 0 Å². The van der Waals surface area contributed by atoms with Crippen LogP contribution in [0.15, 0.2) is 103 Å². The summed E-state index contributed by atoms with van der Waals surface area (Å²) in [5, 5.41) is 12.2. The van der Waals surface area contributed by atoms with E-state index in [1.54, 1.807) is 0 Å². The zero-order valence-electron chi connectivity index (χ0n) is 14.0. The normalized spacial score (nSPS) is 13.0. The second-order valence-electron chi connectivity index (χ2n) is 6.06. The molecule has 0 aliphatic carbocycles. The van der Waals surface area contributed by atoms with Crippen LogP contribution in [0.1, 0.15) is 18.1 Å². The molecule has 0 aliphatic rings. The minimum absolute atomic E-state index is 0.471. The Morgan fingerprint density at radius 1 is 0.720 bits per heavy atom. The average Bonchev–Trinajstić information content (AvgIpc) is 2.70. The Morgan fingerprint density at radius 2 is 1.16 bits per heavy atom. The predicted octanol–water partition coefficient (Wildman–Crippen LogP) is 2.96. The molecule has 0 amide bonds. The van der Waals surface area contributed by atoms with Crippen LogP contribution in [-0.4, -0.2) is 18.2 Å². The fourth-order valence-electron chi connectivity index (χ4n) is 2.92. The maximum absolute atomic E-state index is 11.5. The summed E-state index contributed by atoms with van der Waals surface area (Å²) < 4.78 is 0. The molecule has 3 rings (SSSR count). The maximum atomic E-state index is 11.5. The van der Waals surface area contributed by atoms with Gasteiger partial charge in [-0.15, -0.1) is 0 Å². The largest absolute Gasteiger partial charge is 0.421 e. The van der Waals surface area contributed by atoms with E-state index in [0.717, 1.165) is 15.9 Å². The molecule has 0 aliphatic heterocycles. The molecule has 0 saturated heterocycles. The van der Waals surface area contributed by atoms with E-state index >= 15 is 0 Å². The van der Waals surface area contributed by atoms with Crippen molar-refractivity contribution in [3.8, 4) is 0 Å². The van der Waals surface area contributed by atoms with Gasteiger partial charge in [0.05, 0.1) is 6.10 Å². The average molecular weight is 347 g/mol. The topological polar surface area (TPSA) is 40.5 Å². The van der Waals surface area contributed by atoms with Gasteiger partial charge in [0.2, 0.25) is 0 Å². The van der Waals surface area contributed by atoms with Crippen molar-refractivity contribution in [2.24, 2.45) is 0 Å². The summed E-state index contributed by atoms with van der Waals surface area (Å²) in [5.41, 5.74) is 2.79. The van der Waals surface area contributed by atoms with Crippen LogP contribution in [0.3, 0.4) is 0 Å². The van der Waals surface area contributed by atoms with Crippen molar-refractivity contribution in [2.75, 3.05) is 0 Å². The molecule has 0 radical (unpaired) electrons. The summed E-state index contributed by atoms with van der Waals surface area (Å²) in [6, 6.07) is 29.2. The van der Waals surface area contributed by atoms with Gasteiger partial charge in [0.25, 0.3) is 8.32 Å². The van der Waals surface area contributed by atoms with Gasteiger partial charge in [0.15, 0.2) is 0 Å². The number of aliphatic hydroxyl groups excluding tert-OH is 1. The third-order valence-corrected chi connectivity index (χ3v) is 7.48. The lowest BCUT2D eigenvalue weighted by molar-refractivity contribution is 0.181. The summed E-state index contributed by atoms with van der Waals surface area (Å²) in [4.78, 5) is 11.5. The minimum atomic E-state index is -2.96. The van der Waals surface area contributed by atoms with Crippen LogP contribution in [-0.2, 0) is 0 Å². The first-order valence-electron chi connectivity index (χ1n) is 8.44. The van der Waals surface area contributed by atoms with Crippen LogP contribution in [0.5, 0.6) is 0 Å². The van der Waals surface area contributed by atoms with Crippen molar-refractivity contribution in [1.29, 1.82) is 0 Å². The van der Waals surface area contributed by atoms with Crippen molar-refractivity contribution in [1.82, 2.24) is 0 Å². The standard InChI is InChI=1S/C22H22O2Si/c23-22(19-11-4-1-5-12-19)17-10-18-25(24,20-13-6-2-7-14-20)21-15-8-3-9-16-21/h1-16,18,22-24H,17H2/b18-10-. The fourth-order valence-corrected chi connectivity index (χ4v) is 5.52. The molecule has 2 nitrogen and oxygen atoms in total. The van der Waals surface area contributed by atoms with Crippen LogP contribution < -0.4 is 10.4 Å². The van der Waals surface area contributed by atoms with Crippen molar-refractivity contribution in [2.45, 2.75) is 12.5 Å². The zero-order chi connectivity index (χ0) is 17.5. The van der Waals surface area contributed by atoms with E-state index in [4.69, 9.17) is 0 Å². The highest BCUT2D eigenvalue weighted by atomic mass is 28.4. The summed E-state index contributed by atoms with van der Waals surface area (Å²) in [6.45, 7) is 0. The molecule has 1 unspecified atom stereocenters. The Labute approximate surface area is 149 Å². The molecule has 3 aromatic carbocycles. The van der Waals surface area contributed by atoms with Gasteiger partial charge in [-0.1, -0.05) is 103 Å². The predicted molar refractivity (Wildman–Crippen MR) is 105 cm³/mol. The lowest BCUT2D eigenvalue weighted by Gasteiger charge is -2.23. The molecule has 3 heteroatoms. The van der Waals surface area contributed by atoms with Gasteiger partial charge in [0, 0.05) is 0 Å². The van der Waals surface area contributed by atoms with Gasteiger partial charge < -0.3 is 9.90 Å². The van der Waals surface area contributed by atoms with E-state index in [1.165, 1.54) is 0 Å². The fraction of sp³-hybridized carbons (Fsp3) is 0.0909. The zero-order valence-corrected chi connectivity index (χ0v) is 15.0. The van der Waals surface area contributed by atoms with Gasteiger partial charge in [-0.2, -0.15) is 0 Å². The third kappa shape index (κ3) is 4.14. The van der Waals surface area contributed by atoms with E-state index in [0.29, 0.717) is 6.42 Å².